The van der Waals surface area contributed by atoms with Crippen molar-refractivity contribution < 1.29 is 23.8 Å². The average Bonchev–Trinajstić information content (AvgIpc) is 2.78. The quantitative estimate of drug-likeness (QED) is 0.546. The van der Waals surface area contributed by atoms with E-state index in [4.69, 9.17) is 14.2 Å². The zero-order valence-corrected chi connectivity index (χ0v) is 17.3. The fourth-order valence-electron chi connectivity index (χ4n) is 2.77. The Morgan fingerprint density at radius 1 is 0.903 bits per heavy atom. The van der Waals surface area contributed by atoms with Crippen LogP contribution < -0.4 is 24.8 Å². The lowest BCUT2D eigenvalue weighted by Crippen LogP contribution is -2.20. The van der Waals surface area contributed by atoms with Gasteiger partial charge in [0, 0.05) is 17.6 Å². The molecule has 0 aliphatic heterocycles. The lowest BCUT2D eigenvalue weighted by molar-refractivity contribution is -0.118. The minimum Gasteiger partial charge on any atom is -0.493 e. The fraction of sp³-hybridized carbons (Fsp3) is 0.174. The Kier molecular flexibility index (Phi) is 7.42. The van der Waals surface area contributed by atoms with Crippen LogP contribution in [0.3, 0.4) is 0 Å². The Labute approximate surface area is 180 Å². The molecule has 2 aromatic carbocycles. The van der Waals surface area contributed by atoms with E-state index in [1.165, 1.54) is 7.11 Å². The first kappa shape index (κ1) is 21.6. The highest BCUT2D eigenvalue weighted by atomic mass is 16.5. The van der Waals surface area contributed by atoms with Crippen molar-refractivity contribution in [1.82, 2.24) is 4.98 Å². The van der Waals surface area contributed by atoms with E-state index < -0.39 is 0 Å². The molecule has 3 aromatic rings. The standard InChI is InChI=1S/C23H23N3O5/c1-3-30-23-18(10-7-13-24-23)22(28)26-17-9-6-8-16(14-17)25-21(27)15-31-20-12-5-4-11-19(20)29-2/h4-14H,3,15H2,1-2H3,(H,25,27)(H,26,28). The molecule has 3 rings (SSSR count). The SMILES string of the molecule is CCOc1ncccc1C(=O)Nc1cccc(NC(=O)COc2ccccc2OC)c1. The number of nitrogens with zero attached hydrogens (tertiary/aromatic N) is 1. The summed E-state index contributed by atoms with van der Waals surface area (Å²) < 4.78 is 16.1. The number of nitrogens with one attached hydrogen (secondary N) is 2. The molecule has 0 aliphatic carbocycles. The zero-order valence-electron chi connectivity index (χ0n) is 17.3. The molecule has 31 heavy (non-hydrogen) atoms. The maximum atomic E-state index is 12.6. The third-order valence-corrected chi connectivity index (χ3v) is 4.13. The molecule has 1 heterocycles. The van der Waals surface area contributed by atoms with Gasteiger partial charge in [-0.05, 0) is 49.4 Å². The molecule has 1 aromatic heterocycles. The molecule has 8 heteroatoms. The van der Waals surface area contributed by atoms with Gasteiger partial charge in [-0.15, -0.1) is 0 Å². The topological polar surface area (TPSA) is 98.8 Å². The van der Waals surface area contributed by atoms with Crippen LogP contribution in [0.25, 0.3) is 0 Å². The molecule has 0 saturated heterocycles. The van der Waals surface area contributed by atoms with E-state index in [0.717, 1.165) is 0 Å². The summed E-state index contributed by atoms with van der Waals surface area (Å²) in [6.45, 7) is 2.03. The summed E-state index contributed by atoms with van der Waals surface area (Å²) >= 11 is 0. The van der Waals surface area contributed by atoms with Crippen LogP contribution in [-0.4, -0.2) is 37.1 Å². The summed E-state index contributed by atoms with van der Waals surface area (Å²) in [4.78, 5) is 29.0. The van der Waals surface area contributed by atoms with Crippen LogP contribution in [0.5, 0.6) is 17.4 Å². The van der Waals surface area contributed by atoms with Crippen LogP contribution in [0.15, 0.2) is 66.9 Å². The molecule has 2 N–H and O–H groups in total. The Morgan fingerprint density at radius 3 is 2.39 bits per heavy atom. The highest BCUT2D eigenvalue weighted by Gasteiger charge is 2.14. The van der Waals surface area contributed by atoms with Crippen molar-refractivity contribution in [3.05, 3.63) is 72.4 Å². The first-order valence-corrected chi connectivity index (χ1v) is 9.65. The molecule has 0 aliphatic rings. The number of ether oxygens (including phenoxy) is 3. The summed E-state index contributed by atoms with van der Waals surface area (Å²) in [6.07, 6.45) is 1.56. The van der Waals surface area contributed by atoms with Gasteiger partial charge in [-0.2, -0.15) is 0 Å². The first-order chi connectivity index (χ1) is 15.1. The summed E-state index contributed by atoms with van der Waals surface area (Å²) in [7, 11) is 1.53. The van der Waals surface area contributed by atoms with E-state index in [1.54, 1.807) is 60.8 Å². The molecule has 160 valence electrons. The number of para-hydroxylation sites is 2. The average molecular weight is 421 g/mol. The van der Waals surface area contributed by atoms with Gasteiger partial charge in [0.1, 0.15) is 5.56 Å². The van der Waals surface area contributed by atoms with E-state index in [0.29, 0.717) is 35.0 Å². The van der Waals surface area contributed by atoms with Gasteiger partial charge in [0.15, 0.2) is 18.1 Å². The minimum atomic E-state index is -0.362. The van der Waals surface area contributed by atoms with Gasteiger partial charge in [-0.1, -0.05) is 18.2 Å². The molecule has 0 spiro atoms. The van der Waals surface area contributed by atoms with Gasteiger partial charge in [0.2, 0.25) is 5.88 Å². The normalized spacial score (nSPS) is 10.1. The molecule has 0 saturated carbocycles. The van der Waals surface area contributed by atoms with Gasteiger partial charge >= 0.3 is 0 Å². The smallest absolute Gasteiger partial charge is 0.262 e. The zero-order chi connectivity index (χ0) is 22.1. The number of hydrogen-bond acceptors (Lipinski definition) is 6. The number of hydrogen-bond donors (Lipinski definition) is 2. The molecule has 8 nitrogen and oxygen atoms in total. The number of pyridine rings is 1. The molecule has 2 amide bonds. The Morgan fingerprint density at radius 2 is 1.65 bits per heavy atom. The summed E-state index contributed by atoms with van der Waals surface area (Å²) in [6, 6.07) is 17.2. The molecule has 0 bridgehead atoms. The molecule has 0 radical (unpaired) electrons. The summed E-state index contributed by atoms with van der Waals surface area (Å²) in [5.41, 5.74) is 1.35. The van der Waals surface area contributed by atoms with Crippen molar-refractivity contribution in [1.29, 1.82) is 0 Å². The predicted molar refractivity (Wildman–Crippen MR) is 117 cm³/mol. The van der Waals surface area contributed by atoms with Gasteiger partial charge < -0.3 is 24.8 Å². The number of amides is 2. The third kappa shape index (κ3) is 5.96. The van der Waals surface area contributed by atoms with Crippen molar-refractivity contribution in [3.63, 3.8) is 0 Å². The number of benzene rings is 2. The Bertz CT molecular complexity index is 1050. The van der Waals surface area contributed by atoms with Gasteiger partial charge in [-0.3, -0.25) is 9.59 Å². The second-order valence-corrected chi connectivity index (χ2v) is 6.31. The number of carbonyl (C=O) groups excluding carboxylic acids is 2. The minimum absolute atomic E-state index is 0.190. The van der Waals surface area contributed by atoms with Crippen molar-refractivity contribution in [2.24, 2.45) is 0 Å². The largest absolute Gasteiger partial charge is 0.493 e. The van der Waals surface area contributed by atoms with Crippen LogP contribution in [0, 0.1) is 0 Å². The highest BCUT2D eigenvalue weighted by molar-refractivity contribution is 6.06. The fourth-order valence-corrected chi connectivity index (χ4v) is 2.77. The molecule has 0 atom stereocenters. The van der Waals surface area contributed by atoms with E-state index >= 15 is 0 Å². The molecular formula is C23H23N3O5. The summed E-state index contributed by atoms with van der Waals surface area (Å²) in [5.74, 6) is 0.574. The number of rotatable bonds is 9. The number of anilines is 2. The monoisotopic (exact) mass is 421 g/mol. The van der Waals surface area contributed by atoms with Crippen LogP contribution >= 0.6 is 0 Å². The molecule has 0 fully saturated rings. The van der Waals surface area contributed by atoms with E-state index in [1.807, 2.05) is 13.0 Å². The van der Waals surface area contributed by atoms with E-state index in [-0.39, 0.29) is 24.3 Å². The van der Waals surface area contributed by atoms with Crippen molar-refractivity contribution in [2.75, 3.05) is 31.0 Å². The van der Waals surface area contributed by atoms with Gasteiger partial charge in [0.05, 0.1) is 13.7 Å². The lowest BCUT2D eigenvalue weighted by Gasteiger charge is -2.12. The lowest BCUT2D eigenvalue weighted by atomic mass is 10.2. The number of methoxy groups -OCH3 is 1. The van der Waals surface area contributed by atoms with Crippen molar-refractivity contribution in [2.45, 2.75) is 6.92 Å². The highest BCUT2D eigenvalue weighted by Crippen LogP contribution is 2.25. The number of aromatic nitrogens is 1. The van der Waals surface area contributed by atoms with Gasteiger partial charge in [-0.25, -0.2) is 4.98 Å². The maximum absolute atomic E-state index is 12.6. The molecule has 0 unspecified atom stereocenters. The second-order valence-electron chi connectivity index (χ2n) is 6.31. The summed E-state index contributed by atoms with van der Waals surface area (Å²) in [5, 5.41) is 5.53. The van der Waals surface area contributed by atoms with Crippen LogP contribution in [0.4, 0.5) is 11.4 Å². The Balaban J connectivity index is 1.61. The second kappa shape index (κ2) is 10.6. The van der Waals surface area contributed by atoms with Crippen molar-refractivity contribution >= 4 is 23.2 Å². The van der Waals surface area contributed by atoms with Crippen LogP contribution in [0.2, 0.25) is 0 Å². The van der Waals surface area contributed by atoms with Gasteiger partial charge in [0.25, 0.3) is 11.8 Å². The van der Waals surface area contributed by atoms with Crippen LogP contribution in [-0.2, 0) is 4.79 Å². The van der Waals surface area contributed by atoms with Crippen molar-refractivity contribution in [3.8, 4) is 17.4 Å². The van der Waals surface area contributed by atoms with Crippen LogP contribution in [0.1, 0.15) is 17.3 Å². The van der Waals surface area contributed by atoms with E-state index in [9.17, 15) is 9.59 Å². The maximum Gasteiger partial charge on any atom is 0.262 e. The number of carbonyl (C=O) groups is 2. The molecular weight excluding hydrogens is 398 g/mol. The predicted octanol–water partition coefficient (Wildman–Crippen LogP) is 3.76. The first-order valence-electron chi connectivity index (χ1n) is 9.65. The van der Waals surface area contributed by atoms with E-state index in [2.05, 4.69) is 15.6 Å². The Hall–Kier alpha value is -4.07. The third-order valence-electron chi connectivity index (χ3n) is 4.13.